The summed E-state index contributed by atoms with van der Waals surface area (Å²) in [5.41, 5.74) is -1.87. The number of unbranched alkanes of at least 4 members (excludes halogenated alkanes) is 2. The minimum absolute atomic E-state index is 0.0574. The first-order valence-corrected chi connectivity index (χ1v) is 5.43. The van der Waals surface area contributed by atoms with E-state index in [1.54, 1.807) is 6.92 Å². The minimum Gasteiger partial charge on any atom is -0.479 e. The molecule has 0 heterocycles. The van der Waals surface area contributed by atoms with Gasteiger partial charge in [0, 0.05) is 12.8 Å². The van der Waals surface area contributed by atoms with E-state index in [9.17, 15) is 14.7 Å². The van der Waals surface area contributed by atoms with Crippen molar-refractivity contribution in [3.05, 3.63) is 0 Å². The average Bonchev–Trinajstić information content (AvgIpc) is 2.17. The van der Waals surface area contributed by atoms with Gasteiger partial charge < -0.3 is 10.2 Å². The third kappa shape index (κ3) is 4.93. The van der Waals surface area contributed by atoms with Crippen molar-refractivity contribution in [2.75, 3.05) is 0 Å². The first-order valence-electron chi connectivity index (χ1n) is 5.43. The molecule has 0 aliphatic rings. The lowest BCUT2D eigenvalue weighted by Gasteiger charge is -2.20. The summed E-state index contributed by atoms with van der Waals surface area (Å²) in [6.45, 7) is 3.59. The van der Waals surface area contributed by atoms with Crippen molar-refractivity contribution in [2.24, 2.45) is 0 Å². The summed E-state index contributed by atoms with van der Waals surface area (Å²) < 4.78 is 0. The zero-order chi connectivity index (χ0) is 11.9. The maximum Gasteiger partial charge on any atom is 0.336 e. The number of carboxylic acid groups (broad SMARTS) is 1. The number of hydrogen-bond acceptors (Lipinski definition) is 3. The molecule has 0 aliphatic heterocycles. The number of Topliss-reactive ketones (excluding diaryl/α,β-unsaturated/α-hetero) is 1. The van der Waals surface area contributed by atoms with Crippen molar-refractivity contribution in [3.8, 4) is 0 Å². The number of carbonyl (C=O) groups is 2. The molecule has 0 bridgehead atoms. The Morgan fingerprint density at radius 1 is 1.20 bits per heavy atom. The molecule has 0 aromatic rings. The Morgan fingerprint density at radius 2 is 1.80 bits per heavy atom. The third-order valence-electron chi connectivity index (χ3n) is 2.53. The summed E-state index contributed by atoms with van der Waals surface area (Å²) in [6, 6.07) is 0. The van der Waals surface area contributed by atoms with Crippen LogP contribution in [0.15, 0.2) is 0 Å². The Labute approximate surface area is 90.3 Å². The smallest absolute Gasteiger partial charge is 0.336 e. The van der Waals surface area contributed by atoms with Crippen molar-refractivity contribution in [3.63, 3.8) is 0 Å². The number of aliphatic carboxylic acids is 1. The lowest BCUT2D eigenvalue weighted by Crippen LogP contribution is -2.39. The van der Waals surface area contributed by atoms with Crippen LogP contribution in [0.25, 0.3) is 0 Å². The molecule has 88 valence electrons. The Kier molecular flexibility index (Phi) is 6.17. The van der Waals surface area contributed by atoms with Crippen LogP contribution < -0.4 is 0 Å². The molecule has 1 atom stereocenters. The van der Waals surface area contributed by atoms with E-state index in [1.807, 2.05) is 6.92 Å². The fraction of sp³-hybridized carbons (Fsp3) is 0.818. The summed E-state index contributed by atoms with van der Waals surface area (Å²) in [5.74, 6) is -1.48. The molecule has 0 fully saturated rings. The van der Waals surface area contributed by atoms with Gasteiger partial charge in [0.05, 0.1) is 0 Å². The average molecular weight is 216 g/mol. The third-order valence-corrected chi connectivity index (χ3v) is 2.53. The molecule has 15 heavy (non-hydrogen) atoms. The molecule has 0 rings (SSSR count). The molecule has 0 aromatic heterocycles. The highest BCUT2D eigenvalue weighted by atomic mass is 16.4. The van der Waals surface area contributed by atoms with Gasteiger partial charge in [-0.1, -0.05) is 26.7 Å². The van der Waals surface area contributed by atoms with Crippen molar-refractivity contribution in [1.29, 1.82) is 0 Å². The number of hydrogen-bond donors (Lipinski definition) is 2. The molecule has 4 heteroatoms. The van der Waals surface area contributed by atoms with Crippen molar-refractivity contribution < 1.29 is 19.8 Å². The molecular formula is C11H20O4. The van der Waals surface area contributed by atoms with Gasteiger partial charge >= 0.3 is 5.97 Å². The van der Waals surface area contributed by atoms with E-state index in [2.05, 4.69) is 0 Å². The van der Waals surface area contributed by atoms with E-state index < -0.39 is 11.6 Å². The van der Waals surface area contributed by atoms with Crippen LogP contribution in [0.5, 0.6) is 0 Å². The monoisotopic (exact) mass is 216 g/mol. The second kappa shape index (κ2) is 6.56. The Balaban J connectivity index is 4.08. The van der Waals surface area contributed by atoms with Crippen molar-refractivity contribution in [1.82, 2.24) is 0 Å². The zero-order valence-electron chi connectivity index (χ0n) is 9.45. The van der Waals surface area contributed by atoms with Crippen molar-refractivity contribution in [2.45, 2.75) is 58.0 Å². The summed E-state index contributed by atoms with van der Waals surface area (Å²) in [7, 11) is 0. The first kappa shape index (κ1) is 14.1. The standard InChI is InChI=1S/C11H20O4/c1-3-5-6-7-9(12)8-11(15,4-2)10(13)14/h15H,3-8H2,1-2H3,(H,13,14). The number of aliphatic hydroxyl groups is 1. The van der Waals surface area contributed by atoms with Gasteiger partial charge in [-0.05, 0) is 12.8 Å². The molecular weight excluding hydrogens is 196 g/mol. The predicted octanol–water partition coefficient (Wildman–Crippen LogP) is 1.75. The van der Waals surface area contributed by atoms with E-state index in [4.69, 9.17) is 5.11 Å². The molecule has 0 radical (unpaired) electrons. The molecule has 4 nitrogen and oxygen atoms in total. The van der Waals surface area contributed by atoms with Crippen LogP contribution in [0.3, 0.4) is 0 Å². The quantitative estimate of drug-likeness (QED) is 0.606. The summed E-state index contributed by atoms with van der Waals surface area (Å²) >= 11 is 0. The predicted molar refractivity (Wildman–Crippen MR) is 56.6 cm³/mol. The van der Waals surface area contributed by atoms with Crippen LogP contribution >= 0.6 is 0 Å². The number of ketones is 1. The van der Waals surface area contributed by atoms with Gasteiger partial charge in [-0.3, -0.25) is 4.79 Å². The maximum atomic E-state index is 11.4. The Bertz CT molecular complexity index is 225. The van der Waals surface area contributed by atoms with Crippen LogP contribution in [0.1, 0.15) is 52.4 Å². The van der Waals surface area contributed by atoms with Gasteiger partial charge in [-0.25, -0.2) is 4.79 Å². The fourth-order valence-electron chi connectivity index (χ4n) is 1.34. The van der Waals surface area contributed by atoms with E-state index >= 15 is 0 Å². The van der Waals surface area contributed by atoms with E-state index in [1.165, 1.54) is 0 Å². The minimum atomic E-state index is -1.87. The van der Waals surface area contributed by atoms with Gasteiger partial charge in [0.15, 0.2) is 5.60 Å². The second-order valence-corrected chi connectivity index (χ2v) is 3.86. The summed E-state index contributed by atoms with van der Waals surface area (Å²) in [4.78, 5) is 22.1. The second-order valence-electron chi connectivity index (χ2n) is 3.86. The van der Waals surface area contributed by atoms with Crippen LogP contribution in [-0.2, 0) is 9.59 Å². The highest BCUT2D eigenvalue weighted by molar-refractivity contribution is 5.87. The molecule has 0 saturated heterocycles. The lowest BCUT2D eigenvalue weighted by molar-refractivity contribution is -0.161. The number of carboxylic acids is 1. The molecule has 0 spiro atoms. The van der Waals surface area contributed by atoms with Crippen LogP contribution in [0.4, 0.5) is 0 Å². The highest BCUT2D eigenvalue weighted by Gasteiger charge is 2.35. The van der Waals surface area contributed by atoms with E-state index in [0.29, 0.717) is 6.42 Å². The van der Waals surface area contributed by atoms with Crippen molar-refractivity contribution >= 4 is 11.8 Å². The highest BCUT2D eigenvalue weighted by Crippen LogP contribution is 2.17. The topological polar surface area (TPSA) is 74.6 Å². The zero-order valence-corrected chi connectivity index (χ0v) is 9.45. The fourth-order valence-corrected chi connectivity index (χ4v) is 1.34. The molecule has 0 amide bonds. The Hall–Kier alpha value is -0.900. The summed E-state index contributed by atoms with van der Waals surface area (Å²) in [6.07, 6.45) is 2.90. The number of rotatable bonds is 8. The normalized spacial score (nSPS) is 14.6. The molecule has 0 aromatic carbocycles. The molecule has 0 saturated carbocycles. The van der Waals surface area contributed by atoms with Crippen LogP contribution in [-0.4, -0.2) is 27.6 Å². The van der Waals surface area contributed by atoms with Crippen LogP contribution in [0.2, 0.25) is 0 Å². The molecule has 0 aliphatic carbocycles. The molecule has 1 unspecified atom stereocenters. The number of carbonyl (C=O) groups excluding carboxylic acids is 1. The maximum absolute atomic E-state index is 11.4. The SMILES string of the molecule is CCCCCC(=O)CC(O)(CC)C(=O)O. The molecule has 2 N–H and O–H groups in total. The summed E-state index contributed by atoms with van der Waals surface area (Å²) in [5, 5.41) is 18.4. The largest absolute Gasteiger partial charge is 0.479 e. The lowest BCUT2D eigenvalue weighted by atomic mass is 9.92. The van der Waals surface area contributed by atoms with Crippen LogP contribution in [0, 0.1) is 0 Å². The van der Waals surface area contributed by atoms with E-state index in [-0.39, 0.29) is 18.6 Å². The van der Waals surface area contributed by atoms with Gasteiger partial charge in [0.25, 0.3) is 0 Å². The van der Waals surface area contributed by atoms with Gasteiger partial charge in [-0.15, -0.1) is 0 Å². The van der Waals surface area contributed by atoms with Gasteiger partial charge in [-0.2, -0.15) is 0 Å². The van der Waals surface area contributed by atoms with Gasteiger partial charge in [0.2, 0.25) is 0 Å². The Morgan fingerprint density at radius 3 is 2.20 bits per heavy atom. The van der Waals surface area contributed by atoms with E-state index in [0.717, 1.165) is 19.3 Å². The first-order chi connectivity index (χ1) is 6.96. The van der Waals surface area contributed by atoms with Gasteiger partial charge in [0.1, 0.15) is 5.78 Å².